The lowest BCUT2D eigenvalue weighted by Gasteiger charge is -2.19. The van der Waals surface area contributed by atoms with Crippen LogP contribution in [0.3, 0.4) is 0 Å². The molecule has 1 aromatic heterocycles. The predicted molar refractivity (Wildman–Crippen MR) is 68.7 cm³/mol. The summed E-state index contributed by atoms with van der Waals surface area (Å²) in [5, 5.41) is 3.19. The first-order valence-corrected chi connectivity index (χ1v) is 6.20. The zero-order valence-corrected chi connectivity index (χ0v) is 11.4. The van der Waals surface area contributed by atoms with E-state index in [0.717, 1.165) is 0 Å². The van der Waals surface area contributed by atoms with E-state index in [1.165, 1.54) is 18.2 Å². The number of alkyl halides is 5. The van der Waals surface area contributed by atoms with E-state index in [1.54, 1.807) is 6.92 Å². The summed E-state index contributed by atoms with van der Waals surface area (Å²) in [5.41, 5.74) is -0.0516. The van der Waals surface area contributed by atoms with Gasteiger partial charge in [0.25, 0.3) is 0 Å². The highest BCUT2D eigenvalue weighted by Gasteiger charge is 2.61. The average Bonchev–Trinajstić information content (AvgIpc) is 2.38. The van der Waals surface area contributed by atoms with Gasteiger partial charge in [-0.1, -0.05) is 11.6 Å². The molecule has 1 aromatic carbocycles. The molecule has 114 valence electrons. The number of halogens is 6. The molecule has 1 N–H and O–H groups in total. The molecule has 2 rings (SSSR count). The summed E-state index contributed by atoms with van der Waals surface area (Å²) in [5.74, 6) is -6.85. The zero-order chi connectivity index (χ0) is 15.8. The molecule has 0 spiro atoms. The zero-order valence-electron chi connectivity index (χ0n) is 10.6. The molecule has 0 saturated carbocycles. The SMILES string of the molecule is CCNc1nc(C(F)(F)C(F)(F)F)nc2ccc(Cl)cc12. The van der Waals surface area contributed by atoms with Crippen molar-refractivity contribution in [1.82, 2.24) is 9.97 Å². The maximum Gasteiger partial charge on any atom is 0.461 e. The summed E-state index contributed by atoms with van der Waals surface area (Å²) in [6.45, 7) is 1.94. The molecule has 0 bridgehead atoms. The molecule has 9 heteroatoms. The normalized spacial score (nSPS) is 12.7. The van der Waals surface area contributed by atoms with Gasteiger partial charge in [0.15, 0.2) is 0 Å². The Morgan fingerprint density at radius 1 is 1.14 bits per heavy atom. The number of fused-ring (bicyclic) bond motifs is 1. The quantitative estimate of drug-likeness (QED) is 0.852. The van der Waals surface area contributed by atoms with Crippen molar-refractivity contribution in [1.29, 1.82) is 0 Å². The number of hydrogen-bond donors (Lipinski definition) is 1. The Kier molecular flexibility index (Phi) is 3.92. The molecule has 0 aliphatic rings. The van der Waals surface area contributed by atoms with E-state index in [-0.39, 0.29) is 23.3 Å². The minimum absolute atomic E-state index is 0.0516. The van der Waals surface area contributed by atoms with Crippen LogP contribution in [-0.4, -0.2) is 22.7 Å². The molecule has 3 nitrogen and oxygen atoms in total. The third kappa shape index (κ3) is 2.85. The largest absolute Gasteiger partial charge is 0.461 e. The van der Waals surface area contributed by atoms with Gasteiger partial charge in [0.05, 0.1) is 5.52 Å². The first kappa shape index (κ1) is 15.7. The smallest absolute Gasteiger partial charge is 0.370 e. The Hall–Kier alpha value is -1.70. The Labute approximate surface area is 121 Å². The van der Waals surface area contributed by atoms with Gasteiger partial charge in [0.2, 0.25) is 5.82 Å². The molecule has 0 aliphatic heterocycles. The van der Waals surface area contributed by atoms with Gasteiger partial charge in [0.1, 0.15) is 5.82 Å². The summed E-state index contributed by atoms with van der Waals surface area (Å²) >= 11 is 5.78. The van der Waals surface area contributed by atoms with Gasteiger partial charge < -0.3 is 5.32 Å². The number of nitrogens with zero attached hydrogens (tertiary/aromatic N) is 2. The fourth-order valence-electron chi connectivity index (χ4n) is 1.67. The second kappa shape index (κ2) is 5.25. The van der Waals surface area contributed by atoms with Crippen LogP contribution in [0.2, 0.25) is 5.02 Å². The van der Waals surface area contributed by atoms with Crippen LogP contribution in [-0.2, 0) is 5.92 Å². The monoisotopic (exact) mass is 325 g/mol. The third-order valence-electron chi connectivity index (χ3n) is 2.64. The first-order chi connectivity index (χ1) is 9.66. The van der Waals surface area contributed by atoms with Gasteiger partial charge in [-0.2, -0.15) is 22.0 Å². The van der Waals surface area contributed by atoms with Crippen molar-refractivity contribution in [2.75, 3.05) is 11.9 Å². The van der Waals surface area contributed by atoms with Crippen LogP contribution in [0.15, 0.2) is 18.2 Å². The molecular weight excluding hydrogens is 317 g/mol. The molecule has 0 amide bonds. The van der Waals surface area contributed by atoms with Gasteiger partial charge in [0, 0.05) is 17.0 Å². The van der Waals surface area contributed by atoms with Crippen LogP contribution in [0, 0.1) is 0 Å². The van der Waals surface area contributed by atoms with E-state index in [9.17, 15) is 22.0 Å². The van der Waals surface area contributed by atoms with Crippen molar-refractivity contribution in [3.05, 3.63) is 29.0 Å². The van der Waals surface area contributed by atoms with Gasteiger partial charge >= 0.3 is 12.1 Å². The van der Waals surface area contributed by atoms with Crippen LogP contribution < -0.4 is 5.32 Å². The number of rotatable bonds is 3. The highest BCUT2D eigenvalue weighted by atomic mass is 35.5. The summed E-state index contributed by atoms with van der Waals surface area (Å²) in [4.78, 5) is 6.64. The lowest BCUT2D eigenvalue weighted by molar-refractivity contribution is -0.292. The number of aromatic nitrogens is 2. The standard InChI is InChI=1S/C12H9ClF5N3/c1-2-19-9-7-5-6(13)3-4-8(7)20-10(21-9)11(14,15)12(16,17)18/h3-5H,2H2,1H3,(H,19,20,21). The van der Waals surface area contributed by atoms with Crippen LogP contribution in [0.1, 0.15) is 12.7 Å². The lowest BCUT2D eigenvalue weighted by Crippen LogP contribution is -2.35. The molecular formula is C12H9ClF5N3. The van der Waals surface area contributed by atoms with Gasteiger partial charge in [-0.05, 0) is 25.1 Å². The van der Waals surface area contributed by atoms with E-state index in [4.69, 9.17) is 11.6 Å². The highest BCUT2D eigenvalue weighted by Crippen LogP contribution is 2.43. The van der Waals surface area contributed by atoms with Crippen LogP contribution in [0.25, 0.3) is 10.9 Å². The maximum atomic E-state index is 13.4. The van der Waals surface area contributed by atoms with Gasteiger partial charge in [-0.15, -0.1) is 0 Å². The summed E-state index contributed by atoms with van der Waals surface area (Å²) in [6.07, 6.45) is -5.77. The average molecular weight is 326 g/mol. The number of anilines is 1. The van der Waals surface area contributed by atoms with Crippen molar-refractivity contribution in [3.63, 3.8) is 0 Å². The fraction of sp³-hybridized carbons (Fsp3) is 0.333. The molecule has 1 heterocycles. The fourth-order valence-corrected chi connectivity index (χ4v) is 1.84. The minimum Gasteiger partial charge on any atom is -0.370 e. The topological polar surface area (TPSA) is 37.8 Å². The summed E-state index contributed by atoms with van der Waals surface area (Å²) in [6, 6.07) is 4.00. The van der Waals surface area contributed by atoms with Crippen LogP contribution in [0.4, 0.5) is 27.8 Å². The first-order valence-electron chi connectivity index (χ1n) is 5.83. The third-order valence-corrected chi connectivity index (χ3v) is 2.87. The van der Waals surface area contributed by atoms with Crippen molar-refractivity contribution >= 4 is 28.3 Å². The van der Waals surface area contributed by atoms with Crippen molar-refractivity contribution in [2.45, 2.75) is 19.0 Å². The van der Waals surface area contributed by atoms with E-state index < -0.39 is 17.9 Å². The minimum atomic E-state index is -5.77. The summed E-state index contributed by atoms with van der Waals surface area (Å²) in [7, 11) is 0. The second-order valence-corrected chi connectivity index (χ2v) is 4.60. The Morgan fingerprint density at radius 2 is 1.81 bits per heavy atom. The molecule has 2 aromatic rings. The molecule has 0 unspecified atom stereocenters. The second-order valence-electron chi connectivity index (χ2n) is 4.16. The lowest BCUT2D eigenvalue weighted by atomic mass is 10.2. The highest BCUT2D eigenvalue weighted by molar-refractivity contribution is 6.31. The van der Waals surface area contributed by atoms with E-state index in [1.807, 2.05) is 0 Å². The maximum absolute atomic E-state index is 13.4. The van der Waals surface area contributed by atoms with E-state index in [2.05, 4.69) is 15.3 Å². The predicted octanol–water partition coefficient (Wildman–Crippen LogP) is 4.37. The summed E-state index contributed by atoms with van der Waals surface area (Å²) < 4.78 is 64.1. The number of hydrogen-bond acceptors (Lipinski definition) is 3. The van der Waals surface area contributed by atoms with Gasteiger partial charge in [-0.3, -0.25) is 0 Å². The number of nitrogens with one attached hydrogen (secondary N) is 1. The molecule has 21 heavy (non-hydrogen) atoms. The molecule has 0 fully saturated rings. The molecule has 0 saturated heterocycles. The Bertz CT molecular complexity index is 672. The van der Waals surface area contributed by atoms with Crippen LogP contribution in [0.5, 0.6) is 0 Å². The van der Waals surface area contributed by atoms with Crippen molar-refractivity contribution < 1.29 is 22.0 Å². The van der Waals surface area contributed by atoms with E-state index in [0.29, 0.717) is 5.02 Å². The Balaban J connectivity index is 2.70. The van der Waals surface area contributed by atoms with Gasteiger partial charge in [-0.25, -0.2) is 9.97 Å². The molecule has 0 aliphatic carbocycles. The molecule has 0 radical (unpaired) electrons. The van der Waals surface area contributed by atoms with Crippen molar-refractivity contribution in [2.24, 2.45) is 0 Å². The Morgan fingerprint density at radius 3 is 2.38 bits per heavy atom. The molecule has 0 atom stereocenters. The van der Waals surface area contributed by atoms with Crippen molar-refractivity contribution in [3.8, 4) is 0 Å². The van der Waals surface area contributed by atoms with Crippen LogP contribution >= 0.6 is 11.6 Å². The number of benzene rings is 1. The van der Waals surface area contributed by atoms with E-state index >= 15 is 0 Å².